The van der Waals surface area contributed by atoms with Crippen molar-refractivity contribution in [3.8, 4) is 0 Å². The Kier molecular flexibility index (Phi) is 2.31. The molecule has 1 N–H and O–H groups in total. The lowest BCUT2D eigenvalue weighted by Crippen LogP contribution is -1.99. The number of rotatable bonds is 2. The number of aliphatic carboxylic acids is 1. The maximum atomic E-state index is 10.8. The number of hydrogen-bond acceptors (Lipinski definition) is 3. The summed E-state index contributed by atoms with van der Waals surface area (Å²) in [4.78, 5) is 16.0. The molecule has 0 spiro atoms. The van der Waals surface area contributed by atoms with Crippen LogP contribution in [0.25, 0.3) is 25.9 Å². The second-order valence-electron chi connectivity index (χ2n) is 4.69. The van der Waals surface area contributed by atoms with Crippen molar-refractivity contribution < 1.29 is 9.90 Å². The van der Waals surface area contributed by atoms with E-state index in [0.29, 0.717) is 5.69 Å². The number of carboxylic acids is 1. The fraction of sp³-hybridized carbons (Fsp3) is 0.0667. The van der Waals surface area contributed by atoms with E-state index >= 15 is 0 Å². The van der Waals surface area contributed by atoms with E-state index < -0.39 is 5.97 Å². The zero-order valence-electron chi connectivity index (χ0n) is 10.4. The normalized spacial score (nSPS) is 11.6. The molecule has 4 rings (SSSR count). The summed E-state index contributed by atoms with van der Waals surface area (Å²) in [5, 5.41) is 11.3. The van der Waals surface area contributed by atoms with Crippen LogP contribution >= 0.6 is 11.3 Å². The van der Waals surface area contributed by atoms with Crippen LogP contribution in [0.2, 0.25) is 0 Å². The third kappa shape index (κ3) is 1.60. The minimum atomic E-state index is -0.856. The van der Waals surface area contributed by atoms with Gasteiger partial charge in [0.2, 0.25) is 0 Å². The van der Waals surface area contributed by atoms with E-state index in [1.54, 1.807) is 11.3 Å². The quantitative estimate of drug-likeness (QED) is 0.613. The number of thiazole rings is 1. The molecule has 2 aromatic carbocycles. The summed E-state index contributed by atoms with van der Waals surface area (Å²) in [5.41, 5.74) is 1.67. The van der Waals surface area contributed by atoms with Gasteiger partial charge in [-0.15, -0.1) is 0 Å². The largest absolute Gasteiger partial charge is 0.481 e. The second kappa shape index (κ2) is 4.05. The van der Waals surface area contributed by atoms with Crippen molar-refractivity contribution in [3.63, 3.8) is 0 Å². The third-order valence-electron chi connectivity index (χ3n) is 3.37. The summed E-state index contributed by atoms with van der Waals surface area (Å²) in [7, 11) is 0. The first kappa shape index (κ1) is 11.4. The highest BCUT2D eigenvalue weighted by molar-refractivity contribution is 7.24. The SMILES string of the molecule is O=C(O)Cc1cn2c(n1)sc1c3ccccc3ccc12. The first-order chi connectivity index (χ1) is 9.72. The Hall–Kier alpha value is -2.40. The van der Waals surface area contributed by atoms with E-state index in [1.165, 1.54) is 15.5 Å². The summed E-state index contributed by atoms with van der Waals surface area (Å²) in [6, 6.07) is 12.4. The molecule has 2 heterocycles. The van der Waals surface area contributed by atoms with Crippen LogP contribution in [0.1, 0.15) is 5.69 Å². The number of fused-ring (bicyclic) bond motifs is 5. The molecule has 0 saturated carbocycles. The van der Waals surface area contributed by atoms with Gasteiger partial charge in [0.25, 0.3) is 0 Å². The van der Waals surface area contributed by atoms with E-state index in [0.717, 1.165) is 10.5 Å². The van der Waals surface area contributed by atoms with E-state index in [9.17, 15) is 4.79 Å². The maximum Gasteiger partial charge on any atom is 0.309 e. The minimum absolute atomic E-state index is 0.0382. The molecule has 0 aliphatic rings. The molecular weight excluding hydrogens is 272 g/mol. The van der Waals surface area contributed by atoms with Crippen molar-refractivity contribution in [1.82, 2.24) is 9.38 Å². The Morgan fingerprint density at radius 3 is 2.95 bits per heavy atom. The van der Waals surface area contributed by atoms with Crippen LogP contribution in [0.4, 0.5) is 0 Å². The summed E-state index contributed by atoms with van der Waals surface area (Å²) in [6.07, 6.45) is 1.78. The Labute approximate surface area is 117 Å². The molecule has 0 amide bonds. The standard InChI is InChI=1S/C15H10N2O2S/c18-13(19)7-10-8-17-12-6-5-9-3-1-2-4-11(9)14(12)20-15(17)16-10/h1-6,8H,7H2,(H,18,19). The van der Waals surface area contributed by atoms with Gasteiger partial charge >= 0.3 is 5.97 Å². The molecule has 0 saturated heterocycles. The predicted octanol–water partition coefficient (Wildman–Crippen LogP) is 3.33. The monoisotopic (exact) mass is 282 g/mol. The molecule has 0 bridgehead atoms. The molecule has 4 nitrogen and oxygen atoms in total. The molecular formula is C15H10N2O2S. The van der Waals surface area contributed by atoms with Crippen molar-refractivity contribution in [2.24, 2.45) is 0 Å². The van der Waals surface area contributed by atoms with Crippen molar-refractivity contribution in [3.05, 3.63) is 48.3 Å². The lowest BCUT2D eigenvalue weighted by Gasteiger charge is -1.98. The van der Waals surface area contributed by atoms with Gasteiger partial charge < -0.3 is 5.11 Å². The summed E-state index contributed by atoms with van der Waals surface area (Å²) in [6.45, 7) is 0. The van der Waals surface area contributed by atoms with E-state index in [-0.39, 0.29) is 6.42 Å². The van der Waals surface area contributed by atoms with E-state index in [1.807, 2.05) is 22.7 Å². The lowest BCUT2D eigenvalue weighted by molar-refractivity contribution is -0.136. The summed E-state index contributed by atoms with van der Waals surface area (Å²) < 4.78 is 3.16. The molecule has 0 radical (unpaired) electrons. The molecule has 0 unspecified atom stereocenters. The first-order valence-corrected chi connectivity index (χ1v) is 7.04. The van der Waals surface area contributed by atoms with Gasteiger partial charge in [-0.05, 0) is 11.5 Å². The van der Waals surface area contributed by atoms with E-state index in [2.05, 4.69) is 29.2 Å². The molecule has 5 heteroatoms. The molecule has 20 heavy (non-hydrogen) atoms. The highest BCUT2D eigenvalue weighted by Gasteiger charge is 2.12. The van der Waals surface area contributed by atoms with Crippen molar-refractivity contribution in [1.29, 1.82) is 0 Å². The van der Waals surface area contributed by atoms with Gasteiger partial charge in [0.1, 0.15) is 0 Å². The second-order valence-corrected chi connectivity index (χ2v) is 5.67. The topological polar surface area (TPSA) is 54.6 Å². The van der Waals surface area contributed by atoms with Gasteiger partial charge in [-0.2, -0.15) is 0 Å². The average Bonchev–Trinajstić information content (AvgIpc) is 2.95. The van der Waals surface area contributed by atoms with Crippen molar-refractivity contribution in [2.75, 3.05) is 0 Å². The van der Waals surface area contributed by atoms with Crippen molar-refractivity contribution in [2.45, 2.75) is 6.42 Å². The van der Waals surface area contributed by atoms with Gasteiger partial charge in [0, 0.05) is 11.6 Å². The number of carboxylic acid groups (broad SMARTS) is 1. The van der Waals surface area contributed by atoms with Crippen LogP contribution in [-0.2, 0) is 11.2 Å². The number of aromatic nitrogens is 2. The zero-order valence-corrected chi connectivity index (χ0v) is 11.2. The van der Waals surface area contributed by atoms with Gasteiger partial charge in [-0.3, -0.25) is 9.20 Å². The zero-order chi connectivity index (χ0) is 13.7. The molecule has 98 valence electrons. The van der Waals surface area contributed by atoms with Gasteiger partial charge in [-0.1, -0.05) is 41.7 Å². The summed E-state index contributed by atoms with van der Waals surface area (Å²) in [5.74, 6) is -0.856. The van der Waals surface area contributed by atoms with Crippen LogP contribution < -0.4 is 0 Å². The van der Waals surface area contributed by atoms with Crippen molar-refractivity contribution >= 4 is 43.3 Å². The molecule has 0 atom stereocenters. The van der Waals surface area contributed by atoms with Gasteiger partial charge in [0.05, 0.1) is 22.3 Å². The molecule has 0 aliphatic carbocycles. The van der Waals surface area contributed by atoms with Crippen LogP contribution in [0.5, 0.6) is 0 Å². The molecule has 0 fully saturated rings. The average molecular weight is 282 g/mol. The molecule has 4 aromatic rings. The van der Waals surface area contributed by atoms with Crippen LogP contribution in [0, 0.1) is 0 Å². The predicted molar refractivity (Wildman–Crippen MR) is 79.4 cm³/mol. The number of carbonyl (C=O) groups is 1. The van der Waals surface area contributed by atoms with E-state index in [4.69, 9.17) is 5.11 Å². The Morgan fingerprint density at radius 1 is 1.25 bits per heavy atom. The van der Waals surface area contributed by atoms with Gasteiger partial charge in [-0.25, -0.2) is 4.98 Å². The Balaban J connectivity index is 2.03. The van der Waals surface area contributed by atoms with Gasteiger partial charge in [0.15, 0.2) is 4.96 Å². The molecule has 0 aliphatic heterocycles. The maximum absolute atomic E-state index is 10.8. The fourth-order valence-electron chi connectivity index (χ4n) is 2.51. The highest BCUT2D eigenvalue weighted by Crippen LogP contribution is 2.32. The number of benzene rings is 2. The Bertz CT molecular complexity index is 968. The van der Waals surface area contributed by atoms with Crippen LogP contribution in [0.3, 0.4) is 0 Å². The number of nitrogens with zero attached hydrogens (tertiary/aromatic N) is 2. The number of imidazole rings is 1. The summed E-state index contributed by atoms with van der Waals surface area (Å²) >= 11 is 1.60. The number of hydrogen-bond donors (Lipinski definition) is 1. The lowest BCUT2D eigenvalue weighted by atomic mass is 10.1. The first-order valence-electron chi connectivity index (χ1n) is 6.22. The smallest absolute Gasteiger partial charge is 0.309 e. The third-order valence-corrected chi connectivity index (χ3v) is 4.47. The Morgan fingerprint density at radius 2 is 2.10 bits per heavy atom. The minimum Gasteiger partial charge on any atom is -0.481 e. The highest BCUT2D eigenvalue weighted by atomic mass is 32.1. The molecule has 2 aromatic heterocycles. The van der Waals surface area contributed by atoms with Crippen LogP contribution in [-0.4, -0.2) is 20.5 Å². The van der Waals surface area contributed by atoms with Crippen LogP contribution in [0.15, 0.2) is 42.6 Å². The fourth-order valence-corrected chi connectivity index (χ4v) is 3.68.